The number of rotatable bonds is 6. The molecular formula is C13H17NO4. The predicted octanol–water partition coefficient (Wildman–Crippen LogP) is 1.47. The first-order chi connectivity index (χ1) is 8.65. The number of nitrogens with one attached hydrogen (secondary N) is 1. The lowest BCUT2D eigenvalue weighted by Gasteiger charge is -2.06. The van der Waals surface area contributed by atoms with Crippen LogP contribution in [0.2, 0.25) is 0 Å². The Bertz CT molecular complexity index is 417. The second kappa shape index (κ2) is 7.32. The first kappa shape index (κ1) is 14.0. The van der Waals surface area contributed by atoms with Gasteiger partial charge in [-0.3, -0.25) is 9.59 Å². The minimum absolute atomic E-state index is 0.0552. The Balaban J connectivity index is 2.30. The molecule has 0 aromatic heterocycles. The van der Waals surface area contributed by atoms with E-state index in [4.69, 9.17) is 4.74 Å². The third-order valence-electron chi connectivity index (χ3n) is 2.30. The maximum Gasteiger partial charge on any atom is 0.305 e. The normalized spacial score (nSPS) is 9.83. The van der Waals surface area contributed by atoms with Gasteiger partial charge in [0.1, 0.15) is 5.75 Å². The van der Waals surface area contributed by atoms with Crippen molar-refractivity contribution in [3.63, 3.8) is 0 Å². The van der Waals surface area contributed by atoms with Crippen molar-refractivity contribution in [3.8, 4) is 5.75 Å². The Labute approximate surface area is 106 Å². The SMILES string of the molecule is CCOC(=O)CCCNC(=O)c1ccccc1O. The summed E-state index contributed by atoms with van der Waals surface area (Å²) in [5.74, 6) is -0.674. The summed E-state index contributed by atoms with van der Waals surface area (Å²) in [6.45, 7) is 2.48. The topological polar surface area (TPSA) is 75.6 Å². The van der Waals surface area contributed by atoms with E-state index in [2.05, 4.69) is 5.32 Å². The number of aromatic hydroxyl groups is 1. The number of hydrogen-bond acceptors (Lipinski definition) is 4. The van der Waals surface area contributed by atoms with E-state index < -0.39 is 0 Å². The standard InChI is InChI=1S/C13H17NO4/c1-2-18-12(16)8-5-9-14-13(17)10-6-3-4-7-11(10)15/h3-4,6-7,15H,2,5,8-9H2,1H3,(H,14,17). The summed E-state index contributed by atoms with van der Waals surface area (Å²) in [5.41, 5.74) is 0.230. The first-order valence-electron chi connectivity index (χ1n) is 5.87. The van der Waals surface area contributed by atoms with E-state index in [0.717, 1.165) is 0 Å². The van der Waals surface area contributed by atoms with Crippen molar-refractivity contribution in [2.75, 3.05) is 13.2 Å². The van der Waals surface area contributed by atoms with Crippen molar-refractivity contribution in [1.29, 1.82) is 0 Å². The maximum atomic E-state index is 11.6. The minimum Gasteiger partial charge on any atom is -0.507 e. The lowest BCUT2D eigenvalue weighted by molar-refractivity contribution is -0.143. The quantitative estimate of drug-likeness (QED) is 0.593. The van der Waals surface area contributed by atoms with E-state index in [1.165, 1.54) is 12.1 Å². The highest BCUT2D eigenvalue weighted by molar-refractivity contribution is 5.96. The van der Waals surface area contributed by atoms with Crippen LogP contribution >= 0.6 is 0 Å². The van der Waals surface area contributed by atoms with E-state index in [-0.39, 0.29) is 29.6 Å². The van der Waals surface area contributed by atoms with Gasteiger partial charge >= 0.3 is 5.97 Å². The molecule has 0 atom stereocenters. The summed E-state index contributed by atoms with van der Waals surface area (Å²) in [5, 5.41) is 12.1. The number of carbonyl (C=O) groups is 2. The van der Waals surface area contributed by atoms with Crippen molar-refractivity contribution in [3.05, 3.63) is 29.8 Å². The van der Waals surface area contributed by atoms with Crippen molar-refractivity contribution in [1.82, 2.24) is 5.32 Å². The third kappa shape index (κ3) is 4.45. The molecule has 18 heavy (non-hydrogen) atoms. The Morgan fingerprint density at radius 3 is 2.72 bits per heavy atom. The molecule has 5 heteroatoms. The molecule has 5 nitrogen and oxygen atoms in total. The summed E-state index contributed by atoms with van der Waals surface area (Å²) >= 11 is 0. The van der Waals surface area contributed by atoms with E-state index in [9.17, 15) is 14.7 Å². The molecule has 1 aromatic rings. The Kier molecular flexibility index (Phi) is 5.70. The molecule has 0 saturated carbocycles. The first-order valence-corrected chi connectivity index (χ1v) is 5.87. The zero-order chi connectivity index (χ0) is 13.4. The average molecular weight is 251 g/mol. The summed E-state index contributed by atoms with van der Waals surface area (Å²) < 4.78 is 4.76. The number of esters is 1. The molecule has 1 aromatic carbocycles. The number of ether oxygens (including phenoxy) is 1. The van der Waals surface area contributed by atoms with Crippen molar-refractivity contribution < 1.29 is 19.4 Å². The van der Waals surface area contributed by atoms with Gasteiger partial charge < -0.3 is 15.2 Å². The van der Waals surface area contributed by atoms with Gasteiger partial charge in [0.25, 0.3) is 5.91 Å². The molecule has 0 bridgehead atoms. The van der Waals surface area contributed by atoms with Crippen LogP contribution < -0.4 is 5.32 Å². The molecule has 0 saturated heterocycles. The van der Waals surface area contributed by atoms with Gasteiger partial charge in [0.05, 0.1) is 12.2 Å². The molecule has 0 spiro atoms. The Morgan fingerprint density at radius 1 is 1.33 bits per heavy atom. The average Bonchev–Trinajstić information content (AvgIpc) is 2.35. The highest BCUT2D eigenvalue weighted by atomic mass is 16.5. The summed E-state index contributed by atoms with van der Waals surface area (Å²) in [4.78, 5) is 22.7. The van der Waals surface area contributed by atoms with Crippen molar-refractivity contribution in [2.45, 2.75) is 19.8 Å². The van der Waals surface area contributed by atoms with Gasteiger partial charge in [-0.2, -0.15) is 0 Å². The monoisotopic (exact) mass is 251 g/mol. The maximum absolute atomic E-state index is 11.6. The second-order valence-corrected chi connectivity index (χ2v) is 3.68. The van der Waals surface area contributed by atoms with Crippen molar-refractivity contribution >= 4 is 11.9 Å². The molecule has 0 aliphatic rings. The number of para-hydroxylation sites is 1. The van der Waals surface area contributed by atoms with Crippen LogP contribution in [0.1, 0.15) is 30.1 Å². The number of phenolic OH excluding ortho intramolecular Hbond substituents is 1. The molecule has 0 radical (unpaired) electrons. The molecule has 0 unspecified atom stereocenters. The van der Waals surface area contributed by atoms with E-state index >= 15 is 0 Å². The largest absolute Gasteiger partial charge is 0.507 e. The minimum atomic E-state index is -0.350. The van der Waals surface area contributed by atoms with Gasteiger partial charge in [-0.05, 0) is 25.5 Å². The molecule has 1 amide bonds. The number of hydrogen-bond donors (Lipinski definition) is 2. The molecule has 0 fully saturated rings. The molecule has 98 valence electrons. The van der Waals surface area contributed by atoms with Crippen LogP contribution in [0.4, 0.5) is 0 Å². The van der Waals surface area contributed by atoms with Crippen LogP contribution in [-0.4, -0.2) is 30.1 Å². The fourth-order valence-corrected chi connectivity index (χ4v) is 1.43. The summed E-state index contributed by atoms with van der Waals surface area (Å²) in [6.07, 6.45) is 0.785. The third-order valence-corrected chi connectivity index (χ3v) is 2.30. The highest BCUT2D eigenvalue weighted by Crippen LogP contribution is 2.14. The predicted molar refractivity (Wildman–Crippen MR) is 66.3 cm³/mol. The lowest BCUT2D eigenvalue weighted by atomic mass is 10.2. The molecule has 2 N–H and O–H groups in total. The van der Waals surface area contributed by atoms with Gasteiger partial charge in [0, 0.05) is 13.0 Å². The summed E-state index contributed by atoms with van der Waals surface area (Å²) in [6, 6.07) is 6.31. The van der Waals surface area contributed by atoms with Gasteiger partial charge in [-0.15, -0.1) is 0 Å². The van der Waals surface area contributed by atoms with Crippen LogP contribution in [0.25, 0.3) is 0 Å². The van der Waals surface area contributed by atoms with E-state index in [1.54, 1.807) is 19.1 Å². The highest BCUT2D eigenvalue weighted by Gasteiger charge is 2.09. The second-order valence-electron chi connectivity index (χ2n) is 3.68. The molecule has 1 rings (SSSR count). The molecule has 0 aliphatic carbocycles. The zero-order valence-electron chi connectivity index (χ0n) is 10.3. The number of phenols is 1. The van der Waals surface area contributed by atoms with E-state index in [0.29, 0.717) is 19.6 Å². The Hall–Kier alpha value is -2.04. The smallest absolute Gasteiger partial charge is 0.305 e. The van der Waals surface area contributed by atoms with Crippen LogP contribution in [0.3, 0.4) is 0 Å². The van der Waals surface area contributed by atoms with Crippen molar-refractivity contribution in [2.24, 2.45) is 0 Å². The fraction of sp³-hybridized carbons (Fsp3) is 0.385. The Morgan fingerprint density at radius 2 is 2.06 bits per heavy atom. The number of carbonyl (C=O) groups excluding carboxylic acids is 2. The summed E-state index contributed by atoms with van der Waals surface area (Å²) in [7, 11) is 0. The molecular weight excluding hydrogens is 234 g/mol. The van der Waals surface area contributed by atoms with E-state index in [1.807, 2.05) is 0 Å². The van der Waals surface area contributed by atoms with Crippen LogP contribution in [0, 0.1) is 0 Å². The zero-order valence-corrected chi connectivity index (χ0v) is 10.3. The molecule has 0 heterocycles. The number of benzene rings is 1. The van der Waals surface area contributed by atoms with Crippen LogP contribution in [0.5, 0.6) is 5.75 Å². The van der Waals surface area contributed by atoms with Gasteiger partial charge in [0.15, 0.2) is 0 Å². The van der Waals surface area contributed by atoms with Gasteiger partial charge in [-0.25, -0.2) is 0 Å². The van der Waals surface area contributed by atoms with Crippen LogP contribution in [-0.2, 0) is 9.53 Å². The van der Waals surface area contributed by atoms with Gasteiger partial charge in [-0.1, -0.05) is 12.1 Å². The van der Waals surface area contributed by atoms with Gasteiger partial charge in [0.2, 0.25) is 0 Å². The molecule has 0 aliphatic heterocycles. The fourth-order valence-electron chi connectivity index (χ4n) is 1.43. The number of amides is 1. The lowest BCUT2D eigenvalue weighted by Crippen LogP contribution is -2.25. The van der Waals surface area contributed by atoms with Crippen LogP contribution in [0.15, 0.2) is 24.3 Å².